The maximum Gasteiger partial charge on any atom is 0.251 e. The lowest BCUT2D eigenvalue weighted by Gasteiger charge is -2.14. The van der Waals surface area contributed by atoms with Crippen LogP contribution in [0.5, 0.6) is 5.75 Å². The standard InChI is InChI=1S/C21H28N4O2/c1-15-8-9-18(16(2)12-15)14-25-21(22-3)24-11-10-23-20(26)17-6-5-7-19(13-17)27-4/h5-9,12-13H,10-11,14H2,1-4H3,(H,23,26)(H2,22,24,25). The Bertz CT molecular complexity index is 803. The summed E-state index contributed by atoms with van der Waals surface area (Å²) in [5.41, 5.74) is 4.32. The summed E-state index contributed by atoms with van der Waals surface area (Å²) in [7, 11) is 3.31. The van der Waals surface area contributed by atoms with E-state index in [2.05, 4.69) is 53.0 Å². The van der Waals surface area contributed by atoms with Crippen molar-refractivity contribution < 1.29 is 9.53 Å². The van der Waals surface area contributed by atoms with Gasteiger partial charge in [-0.25, -0.2) is 0 Å². The van der Waals surface area contributed by atoms with Crippen molar-refractivity contribution in [3.63, 3.8) is 0 Å². The number of amides is 1. The molecule has 0 unspecified atom stereocenters. The Kier molecular flexibility index (Phi) is 7.67. The van der Waals surface area contributed by atoms with Gasteiger partial charge in [-0.05, 0) is 43.2 Å². The molecule has 0 atom stereocenters. The number of methoxy groups -OCH3 is 1. The van der Waals surface area contributed by atoms with Gasteiger partial charge in [0.25, 0.3) is 5.91 Å². The van der Waals surface area contributed by atoms with Crippen molar-refractivity contribution in [1.82, 2.24) is 16.0 Å². The molecule has 6 heteroatoms. The minimum absolute atomic E-state index is 0.131. The number of guanidine groups is 1. The minimum Gasteiger partial charge on any atom is -0.497 e. The maximum atomic E-state index is 12.2. The first kappa shape index (κ1) is 20.3. The van der Waals surface area contributed by atoms with Crippen LogP contribution in [0.2, 0.25) is 0 Å². The molecule has 0 spiro atoms. The predicted octanol–water partition coefficient (Wildman–Crippen LogP) is 2.41. The summed E-state index contributed by atoms with van der Waals surface area (Å²) in [5, 5.41) is 9.37. The predicted molar refractivity (Wildman–Crippen MR) is 109 cm³/mol. The van der Waals surface area contributed by atoms with Crippen molar-refractivity contribution in [1.29, 1.82) is 0 Å². The Labute approximate surface area is 161 Å². The lowest BCUT2D eigenvalue weighted by Crippen LogP contribution is -2.41. The largest absolute Gasteiger partial charge is 0.497 e. The van der Waals surface area contributed by atoms with Crippen LogP contribution in [0, 0.1) is 13.8 Å². The number of carbonyl (C=O) groups excluding carboxylic acids is 1. The van der Waals surface area contributed by atoms with E-state index in [1.54, 1.807) is 32.4 Å². The smallest absolute Gasteiger partial charge is 0.251 e. The normalized spacial score (nSPS) is 11.0. The van der Waals surface area contributed by atoms with Crippen LogP contribution in [0.4, 0.5) is 0 Å². The van der Waals surface area contributed by atoms with E-state index in [9.17, 15) is 4.79 Å². The topological polar surface area (TPSA) is 74.8 Å². The van der Waals surface area contributed by atoms with Crippen molar-refractivity contribution in [3.05, 3.63) is 64.7 Å². The number of hydrogen-bond donors (Lipinski definition) is 3. The zero-order chi connectivity index (χ0) is 19.6. The van der Waals surface area contributed by atoms with E-state index >= 15 is 0 Å². The second kappa shape index (κ2) is 10.2. The minimum atomic E-state index is -0.131. The number of nitrogens with zero attached hydrogens (tertiary/aromatic N) is 1. The Morgan fingerprint density at radius 2 is 1.81 bits per heavy atom. The van der Waals surface area contributed by atoms with Gasteiger partial charge < -0.3 is 20.7 Å². The molecule has 0 aliphatic rings. The van der Waals surface area contributed by atoms with Crippen molar-refractivity contribution in [3.8, 4) is 5.75 Å². The lowest BCUT2D eigenvalue weighted by molar-refractivity contribution is 0.0954. The Morgan fingerprint density at radius 1 is 1.04 bits per heavy atom. The van der Waals surface area contributed by atoms with Crippen LogP contribution in [0.3, 0.4) is 0 Å². The summed E-state index contributed by atoms with van der Waals surface area (Å²) in [4.78, 5) is 16.4. The van der Waals surface area contributed by atoms with E-state index in [-0.39, 0.29) is 5.91 Å². The number of aliphatic imine (C=N–C) groups is 1. The van der Waals surface area contributed by atoms with Crippen molar-refractivity contribution in [2.45, 2.75) is 20.4 Å². The van der Waals surface area contributed by atoms with Crippen LogP contribution < -0.4 is 20.7 Å². The first-order valence-electron chi connectivity index (χ1n) is 8.96. The molecular formula is C21H28N4O2. The van der Waals surface area contributed by atoms with Crippen LogP contribution >= 0.6 is 0 Å². The molecule has 0 aliphatic heterocycles. The number of benzene rings is 2. The van der Waals surface area contributed by atoms with Gasteiger partial charge in [-0.3, -0.25) is 9.79 Å². The second-order valence-corrected chi connectivity index (χ2v) is 6.27. The zero-order valence-corrected chi connectivity index (χ0v) is 16.4. The molecule has 0 saturated heterocycles. The van der Waals surface area contributed by atoms with Crippen molar-refractivity contribution in [2.24, 2.45) is 4.99 Å². The monoisotopic (exact) mass is 368 g/mol. The summed E-state index contributed by atoms with van der Waals surface area (Å²) in [6.07, 6.45) is 0. The molecule has 6 nitrogen and oxygen atoms in total. The number of rotatable bonds is 7. The first-order chi connectivity index (χ1) is 13.0. The molecule has 0 fully saturated rings. The SMILES string of the molecule is CN=C(NCCNC(=O)c1cccc(OC)c1)NCc1ccc(C)cc1C. The van der Waals surface area contributed by atoms with E-state index in [0.29, 0.717) is 36.9 Å². The number of hydrogen-bond acceptors (Lipinski definition) is 3. The average molecular weight is 368 g/mol. The van der Waals surface area contributed by atoms with Crippen LogP contribution in [0.1, 0.15) is 27.0 Å². The highest BCUT2D eigenvalue weighted by atomic mass is 16.5. The number of nitrogens with one attached hydrogen (secondary N) is 3. The maximum absolute atomic E-state index is 12.2. The average Bonchev–Trinajstić information content (AvgIpc) is 2.68. The summed E-state index contributed by atoms with van der Waals surface area (Å²) >= 11 is 0. The second-order valence-electron chi connectivity index (χ2n) is 6.27. The summed E-state index contributed by atoms with van der Waals surface area (Å²) < 4.78 is 5.14. The molecule has 0 aromatic heterocycles. The molecule has 3 N–H and O–H groups in total. The molecule has 144 valence electrons. The quantitative estimate of drug-likeness (QED) is 0.399. The molecular weight excluding hydrogens is 340 g/mol. The van der Waals surface area contributed by atoms with Crippen LogP contribution in [-0.4, -0.2) is 39.1 Å². The summed E-state index contributed by atoms with van der Waals surface area (Å²) in [6, 6.07) is 13.5. The van der Waals surface area contributed by atoms with Gasteiger partial charge in [-0.15, -0.1) is 0 Å². The van der Waals surface area contributed by atoms with Gasteiger partial charge >= 0.3 is 0 Å². The molecule has 0 aliphatic carbocycles. The van der Waals surface area contributed by atoms with Crippen LogP contribution in [0.15, 0.2) is 47.5 Å². The van der Waals surface area contributed by atoms with E-state index in [1.807, 2.05) is 6.07 Å². The third-order valence-electron chi connectivity index (χ3n) is 4.20. The molecule has 0 radical (unpaired) electrons. The van der Waals surface area contributed by atoms with E-state index in [4.69, 9.17) is 4.74 Å². The van der Waals surface area contributed by atoms with E-state index < -0.39 is 0 Å². The molecule has 0 saturated carbocycles. The van der Waals surface area contributed by atoms with Crippen LogP contribution in [0.25, 0.3) is 0 Å². The molecule has 0 bridgehead atoms. The van der Waals surface area contributed by atoms with E-state index in [0.717, 1.165) is 0 Å². The Morgan fingerprint density at radius 3 is 2.52 bits per heavy atom. The molecule has 27 heavy (non-hydrogen) atoms. The third kappa shape index (κ3) is 6.33. The summed E-state index contributed by atoms with van der Waals surface area (Å²) in [6.45, 7) is 5.95. The van der Waals surface area contributed by atoms with Crippen LogP contribution in [-0.2, 0) is 6.54 Å². The fourth-order valence-electron chi connectivity index (χ4n) is 2.67. The number of ether oxygens (including phenoxy) is 1. The highest BCUT2D eigenvalue weighted by Crippen LogP contribution is 2.12. The van der Waals surface area contributed by atoms with Crippen molar-refractivity contribution >= 4 is 11.9 Å². The molecule has 2 aromatic carbocycles. The van der Waals surface area contributed by atoms with Gasteiger partial charge in [0.1, 0.15) is 5.75 Å². The van der Waals surface area contributed by atoms with Crippen molar-refractivity contribution in [2.75, 3.05) is 27.2 Å². The molecule has 0 heterocycles. The van der Waals surface area contributed by atoms with Gasteiger partial charge in [0.2, 0.25) is 0 Å². The highest BCUT2D eigenvalue weighted by molar-refractivity contribution is 5.94. The zero-order valence-electron chi connectivity index (χ0n) is 16.4. The van der Waals surface area contributed by atoms with Gasteiger partial charge in [0.15, 0.2) is 5.96 Å². The van der Waals surface area contributed by atoms with Gasteiger partial charge in [0.05, 0.1) is 7.11 Å². The first-order valence-corrected chi connectivity index (χ1v) is 8.96. The van der Waals surface area contributed by atoms with Gasteiger partial charge in [0, 0.05) is 32.2 Å². The third-order valence-corrected chi connectivity index (χ3v) is 4.20. The lowest BCUT2D eigenvalue weighted by atomic mass is 10.1. The number of carbonyl (C=O) groups is 1. The molecule has 1 amide bonds. The fourth-order valence-corrected chi connectivity index (χ4v) is 2.67. The number of aryl methyl sites for hydroxylation is 2. The summed E-state index contributed by atoms with van der Waals surface area (Å²) in [5.74, 6) is 1.23. The molecule has 2 aromatic rings. The van der Waals surface area contributed by atoms with E-state index in [1.165, 1.54) is 16.7 Å². The Balaban J connectivity index is 1.75. The van der Waals surface area contributed by atoms with Gasteiger partial charge in [-0.1, -0.05) is 29.8 Å². The fraction of sp³-hybridized carbons (Fsp3) is 0.333. The van der Waals surface area contributed by atoms with Gasteiger partial charge in [-0.2, -0.15) is 0 Å². The highest BCUT2D eigenvalue weighted by Gasteiger charge is 2.06. The Hall–Kier alpha value is -3.02. The molecule has 2 rings (SSSR count).